The lowest BCUT2D eigenvalue weighted by atomic mass is 10.1. The third-order valence-corrected chi connectivity index (χ3v) is 10.4. The van der Waals surface area contributed by atoms with Gasteiger partial charge in [0.05, 0.1) is 0 Å². The van der Waals surface area contributed by atoms with Crippen LogP contribution in [-0.2, 0) is 28.6 Å². The van der Waals surface area contributed by atoms with Crippen LogP contribution in [0.2, 0.25) is 0 Å². The second-order valence-electron chi connectivity index (χ2n) is 16.3. The molecule has 344 valence electrons. The maximum absolute atomic E-state index is 12.7. The van der Waals surface area contributed by atoms with E-state index < -0.39 is 6.10 Å². The molecule has 0 saturated carbocycles. The zero-order valence-electron chi connectivity index (χ0n) is 39.2. The molecule has 0 aromatic rings. The number of carbonyl (C=O) groups is 3. The van der Waals surface area contributed by atoms with Gasteiger partial charge in [0.2, 0.25) is 0 Å². The number of carbonyl (C=O) groups excluding carboxylic acids is 3. The Balaban J connectivity index is 4.31. The van der Waals surface area contributed by atoms with Gasteiger partial charge in [-0.3, -0.25) is 14.4 Å². The summed E-state index contributed by atoms with van der Waals surface area (Å²) in [6.07, 6.45) is 60.4. The van der Waals surface area contributed by atoms with Crippen molar-refractivity contribution in [2.45, 2.75) is 239 Å². The fourth-order valence-electron chi connectivity index (χ4n) is 6.70. The molecule has 1 atom stereocenters. The maximum atomic E-state index is 12.7. The fourth-order valence-corrected chi connectivity index (χ4v) is 6.70. The summed E-state index contributed by atoms with van der Waals surface area (Å²) in [7, 11) is 0. The molecule has 0 aliphatic heterocycles. The normalized spacial score (nSPS) is 12.7. The van der Waals surface area contributed by atoms with Gasteiger partial charge >= 0.3 is 17.9 Å². The van der Waals surface area contributed by atoms with Gasteiger partial charge in [0, 0.05) is 19.3 Å². The number of rotatable bonds is 44. The molecule has 0 aliphatic rings. The van der Waals surface area contributed by atoms with Crippen molar-refractivity contribution in [2.75, 3.05) is 13.2 Å². The molecule has 0 radical (unpaired) electrons. The molecule has 0 aliphatic carbocycles. The summed E-state index contributed by atoms with van der Waals surface area (Å²) in [5.74, 6) is -0.921. The van der Waals surface area contributed by atoms with Gasteiger partial charge in [-0.1, -0.05) is 196 Å². The molecule has 6 nitrogen and oxygen atoms in total. The van der Waals surface area contributed by atoms with E-state index in [2.05, 4.69) is 93.7 Å². The maximum Gasteiger partial charge on any atom is 0.306 e. The summed E-state index contributed by atoms with van der Waals surface area (Å²) in [4.78, 5) is 37.7. The van der Waals surface area contributed by atoms with Crippen molar-refractivity contribution in [1.82, 2.24) is 0 Å². The second-order valence-corrected chi connectivity index (χ2v) is 16.3. The lowest BCUT2D eigenvalue weighted by molar-refractivity contribution is -0.167. The van der Waals surface area contributed by atoms with E-state index in [-0.39, 0.29) is 31.1 Å². The Labute approximate surface area is 370 Å². The molecule has 0 amide bonds. The van der Waals surface area contributed by atoms with Crippen molar-refractivity contribution in [3.8, 4) is 0 Å². The minimum absolute atomic E-state index is 0.0848. The topological polar surface area (TPSA) is 78.9 Å². The molecule has 60 heavy (non-hydrogen) atoms. The van der Waals surface area contributed by atoms with Crippen LogP contribution < -0.4 is 0 Å². The SMILES string of the molecule is CC/C=C\C/C=C\C/C=C\C/C=C\C/C=C\CCCCCCCC(=O)OCC(COC(=O)CCCCCCCCC)OC(=O)CCCCCCC/C=C\CCCCCCC. The van der Waals surface area contributed by atoms with E-state index in [0.29, 0.717) is 19.3 Å². The Morgan fingerprint density at radius 1 is 0.350 bits per heavy atom. The lowest BCUT2D eigenvalue weighted by Gasteiger charge is -2.18. The van der Waals surface area contributed by atoms with Crippen LogP contribution in [0.5, 0.6) is 0 Å². The molecule has 0 rings (SSSR count). The molecule has 0 spiro atoms. The van der Waals surface area contributed by atoms with E-state index in [1.54, 1.807) is 0 Å². The molecular weight excluding hydrogens is 745 g/mol. The molecule has 0 bridgehead atoms. The van der Waals surface area contributed by atoms with Gasteiger partial charge in [0.1, 0.15) is 13.2 Å². The van der Waals surface area contributed by atoms with E-state index in [1.807, 2.05) is 0 Å². The first kappa shape index (κ1) is 56.9. The van der Waals surface area contributed by atoms with Gasteiger partial charge in [-0.05, 0) is 89.9 Å². The summed E-state index contributed by atoms with van der Waals surface area (Å²) in [6.45, 7) is 6.44. The summed E-state index contributed by atoms with van der Waals surface area (Å²) in [5.41, 5.74) is 0. The summed E-state index contributed by atoms with van der Waals surface area (Å²) in [5, 5.41) is 0. The summed E-state index contributed by atoms with van der Waals surface area (Å²) in [6, 6.07) is 0. The minimum Gasteiger partial charge on any atom is -0.462 e. The van der Waals surface area contributed by atoms with E-state index in [0.717, 1.165) is 122 Å². The van der Waals surface area contributed by atoms with Crippen LogP contribution in [0.1, 0.15) is 233 Å². The summed E-state index contributed by atoms with van der Waals surface area (Å²) < 4.78 is 16.7. The molecule has 0 saturated heterocycles. The smallest absolute Gasteiger partial charge is 0.306 e. The number of unbranched alkanes of at least 4 members (excludes halogenated alkanes) is 21. The van der Waals surface area contributed by atoms with Crippen molar-refractivity contribution in [2.24, 2.45) is 0 Å². The van der Waals surface area contributed by atoms with Gasteiger partial charge in [-0.15, -0.1) is 0 Å². The molecule has 0 heterocycles. The minimum atomic E-state index is -0.783. The van der Waals surface area contributed by atoms with Crippen molar-refractivity contribution in [3.05, 3.63) is 72.9 Å². The van der Waals surface area contributed by atoms with Crippen LogP contribution in [0.3, 0.4) is 0 Å². The number of hydrogen-bond acceptors (Lipinski definition) is 6. The van der Waals surface area contributed by atoms with Crippen molar-refractivity contribution in [3.63, 3.8) is 0 Å². The predicted octanol–water partition coefficient (Wildman–Crippen LogP) is 16.3. The van der Waals surface area contributed by atoms with E-state index >= 15 is 0 Å². The predicted molar refractivity (Wildman–Crippen MR) is 256 cm³/mol. The van der Waals surface area contributed by atoms with Crippen molar-refractivity contribution < 1.29 is 28.6 Å². The van der Waals surface area contributed by atoms with E-state index in [4.69, 9.17) is 14.2 Å². The Morgan fingerprint density at radius 2 is 0.650 bits per heavy atom. The molecular formula is C54H92O6. The monoisotopic (exact) mass is 837 g/mol. The Bertz CT molecular complexity index is 1140. The first-order valence-corrected chi connectivity index (χ1v) is 24.9. The highest BCUT2D eigenvalue weighted by molar-refractivity contribution is 5.71. The van der Waals surface area contributed by atoms with Crippen LogP contribution in [0.15, 0.2) is 72.9 Å². The highest BCUT2D eigenvalue weighted by atomic mass is 16.6. The Kier molecular flexibility index (Phi) is 46.0. The number of esters is 3. The first-order chi connectivity index (χ1) is 29.5. The van der Waals surface area contributed by atoms with Crippen LogP contribution in [0.4, 0.5) is 0 Å². The lowest BCUT2D eigenvalue weighted by Crippen LogP contribution is -2.30. The number of ether oxygens (including phenoxy) is 3. The third-order valence-electron chi connectivity index (χ3n) is 10.4. The standard InChI is InChI=1S/C54H92O6/c1-4-7-10-13-16-18-20-22-24-25-26-27-28-29-30-32-33-35-38-41-44-47-53(56)59-50-51(49-58-52(55)46-43-40-37-15-12-9-6-3)60-54(57)48-45-42-39-36-34-31-23-21-19-17-14-11-8-5-2/h7,10,16,18,21-24,26-27,29-30,51H,4-6,8-9,11-15,17,19-20,25,28,31-50H2,1-3H3/b10-7-,18-16-,23-21-,24-22-,27-26-,30-29-. The highest BCUT2D eigenvalue weighted by Gasteiger charge is 2.19. The van der Waals surface area contributed by atoms with Gasteiger partial charge in [0.25, 0.3) is 0 Å². The number of hydrogen-bond donors (Lipinski definition) is 0. The van der Waals surface area contributed by atoms with Crippen LogP contribution >= 0.6 is 0 Å². The summed E-state index contributed by atoms with van der Waals surface area (Å²) >= 11 is 0. The molecule has 0 aromatic carbocycles. The highest BCUT2D eigenvalue weighted by Crippen LogP contribution is 2.13. The third kappa shape index (κ3) is 45.9. The van der Waals surface area contributed by atoms with Gasteiger partial charge in [-0.2, -0.15) is 0 Å². The zero-order chi connectivity index (χ0) is 43.7. The van der Waals surface area contributed by atoms with E-state index in [9.17, 15) is 14.4 Å². The average Bonchev–Trinajstić information content (AvgIpc) is 3.24. The molecule has 6 heteroatoms. The average molecular weight is 837 g/mol. The van der Waals surface area contributed by atoms with E-state index in [1.165, 1.54) is 70.6 Å². The zero-order valence-corrected chi connectivity index (χ0v) is 39.2. The van der Waals surface area contributed by atoms with Crippen LogP contribution in [-0.4, -0.2) is 37.2 Å². The van der Waals surface area contributed by atoms with Crippen molar-refractivity contribution >= 4 is 17.9 Å². The second kappa shape index (κ2) is 48.5. The fraction of sp³-hybridized carbons (Fsp3) is 0.722. The molecule has 1 unspecified atom stereocenters. The van der Waals surface area contributed by atoms with Crippen LogP contribution in [0.25, 0.3) is 0 Å². The molecule has 0 fully saturated rings. The van der Waals surface area contributed by atoms with Gasteiger partial charge < -0.3 is 14.2 Å². The first-order valence-electron chi connectivity index (χ1n) is 24.9. The largest absolute Gasteiger partial charge is 0.462 e. The van der Waals surface area contributed by atoms with Crippen LogP contribution in [0, 0.1) is 0 Å². The Morgan fingerprint density at radius 3 is 1.03 bits per heavy atom. The van der Waals surface area contributed by atoms with Crippen molar-refractivity contribution in [1.29, 1.82) is 0 Å². The number of allylic oxidation sites excluding steroid dienone is 12. The molecule has 0 N–H and O–H groups in total. The quantitative estimate of drug-likeness (QED) is 0.0263. The Hall–Kier alpha value is -3.15. The van der Waals surface area contributed by atoms with Gasteiger partial charge in [0.15, 0.2) is 6.10 Å². The van der Waals surface area contributed by atoms with Gasteiger partial charge in [-0.25, -0.2) is 0 Å². The molecule has 0 aromatic heterocycles.